The average molecular weight is 636 g/mol. The van der Waals surface area contributed by atoms with E-state index in [0.29, 0.717) is 17.5 Å². The van der Waals surface area contributed by atoms with Crippen LogP contribution in [0.3, 0.4) is 0 Å². The van der Waals surface area contributed by atoms with Gasteiger partial charge in [0, 0.05) is 25.8 Å². The van der Waals surface area contributed by atoms with Gasteiger partial charge >= 0.3 is 0 Å². The second-order valence-electron chi connectivity index (χ2n) is 9.56. The zero-order valence-electron chi connectivity index (χ0n) is 20.3. The molecule has 0 atom stereocenters. The summed E-state index contributed by atoms with van der Waals surface area (Å²) in [7, 11) is 0. The van der Waals surface area contributed by atoms with Crippen molar-refractivity contribution < 1.29 is 24.5 Å². The molecule has 0 spiro atoms. The maximum Gasteiger partial charge on any atom is 0.236 e. The van der Waals surface area contributed by atoms with Crippen LogP contribution in [-0.4, -0.2) is 9.55 Å². The molecular formula is C31H27IrN2O-. The number of benzene rings is 4. The average Bonchev–Trinajstić information content (AvgIpc) is 3.40. The van der Waals surface area contributed by atoms with Crippen molar-refractivity contribution in [3.05, 3.63) is 96.1 Å². The van der Waals surface area contributed by atoms with E-state index in [1.165, 1.54) is 27.6 Å². The number of imidazole rings is 1. The van der Waals surface area contributed by atoms with Gasteiger partial charge in [0.2, 0.25) is 5.71 Å². The third-order valence-electron chi connectivity index (χ3n) is 6.70. The molecular weight excluding hydrogens is 609 g/mol. The van der Waals surface area contributed by atoms with Crippen molar-refractivity contribution in [2.24, 2.45) is 0 Å². The van der Waals surface area contributed by atoms with Crippen molar-refractivity contribution in [2.45, 2.75) is 39.5 Å². The Hall–Kier alpha value is -3.20. The molecule has 1 radical (unpaired) electrons. The van der Waals surface area contributed by atoms with Crippen molar-refractivity contribution in [2.75, 3.05) is 0 Å². The third kappa shape index (κ3) is 3.73. The molecule has 2 heterocycles. The molecule has 4 heteroatoms. The molecule has 6 rings (SSSR count). The van der Waals surface area contributed by atoms with Crippen molar-refractivity contribution in [1.29, 1.82) is 0 Å². The molecule has 35 heavy (non-hydrogen) atoms. The summed E-state index contributed by atoms with van der Waals surface area (Å²) in [5, 5.41) is 3.48. The minimum absolute atomic E-state index is 0. The maximum absolute atomic E-state index is 6.38. The van der Waals surface area contributed by atoms with Crippen molar-refractivity contribution in [3.8, 4) is 17.1 Å². The van der Waals surface area contributed by atoms with Gasteiger partial charge in [-0.2, -0.15) is 0 Å². The van der Waals surface area contributed by atoms with Gasteiger partial charge in [-0.05, 0) is 39.8 Å². The molecule has 0 bridgehead atoms. The molecule has 3 nitrogen and oxygen atoms in total. The molecule has 0 amide bonds. The molecule has 4 aromatic carbocycles. The fourth-order valence-corrected chi connectivity index (χ4v) is 5.08. The van der Waals surface area contributed by atoms with E-state index in [2.05, 4.69) is 99.0 Å². The number of aromatic nitrogens is 2. The molecule has 6 aromatic rings. The molecule has 0 fully saturated rings. The number of hydrogen-bond donors (Lipinski definition) is 0. The van der Waals surface area contributed by atoms with Crippen LogP contribution in [-0.2, 0) is 20.1 Å². The maximum atomic E-state index is 6.38. The molecule has 0 saturated carbocycles. The fourth-order valence-electron chi connectivity index (χ4n) is 5.08. The van der Waals surface area contributed by atoms with E-state index in [9.17, 15) is 0 Å². The molecule has 0 aliphatic rings. The molecule has 177 valence electrons. The Morgan fingerprint density at radius 2 is 1.51 bits per heavy atom. The summed E-state index contributed by atoms with van der Waals surface area (Å²) in [6.07, 6.45) is 0. The summed E-state index contributed by atoms with van der Waals surface area (Å²) in [6, 6.07) is 30.8. The number of para-hydroxylation sites is 1. The summed E-state index contributed by atoms with van der Waals surface area (Å²) in [6.45, 7) is 9.03. The molecule has 0 unspecified atom stereocenters. The van der Waals surface area contributed by atoms with Gasteiger partial charge in [-0.3, -0.25) is 0 Å². The van der Waals surface area contributed by atoms with Crippen LogP contribution in [0.5, 0.6) is 0 Å². The monoisotopic (exact) mass is 636 g/mol. The molecule has 0 aliphatic heterocycles. The number of nitrogens with zero attached hydrogens (tertiary/aromatic N) is 2. The zero-order chi connectivity index (χ0) is 23.4. The molecule has 2 aromatic heterocycles. The first kappa shape index (κ1) is 23.5. The normalized spacial score (nSPS) is 11.7. The largest absolute Gasteiger partial charge is 0.437 e. The summed E-state index contributed by atoms with van der Waals surface area (Å²) < 4.78 is 8.72. The van der Waals surface area contributed by atoms with E-state index < -0.39 is 0 Å². The Bertz CT molecular complexity index is 1630. The zero-order valence-corrected chi connectivity index (χ0v) is 22.7. The third-order valence-corrected chi connectivity index (χ3v) is 6.70. The minimum atomic E-state index is 0. The number of rotatable bonds is 4. The molecule has 0 saturated heterocycles. The van der Waals surface area contributed by atoms with Crippen LogP contribution in [0.25, 0.3) is 50.0 Å². The van der Waals surface area contributed by atoms with Gasteiger partial charge in [0.1, 0.15) is 11.1 Å². The Balaban J connectivity index is 0.00000253. The van der Waals surface area contributed by atoms with E-state index >= 15 is 0 Å². The van der Waals surface area contributed by atoms with Gasteiger partial charge in [0.05, 0.1) is 11.2 Å². The Morgan fingerprint density at radius 1 is 0.800 bits per heavy atom. The van der Waals surface area contributed by atoms with Gasteiger partial charge in [-0.15, -0.1) is 35.9 Å². The first-order valence-electron chi connectivity index (χ1n) is 12.0. The van der Waals surface area contributed by atoms with E-state index in [0.717, 1.165) is 27.9 Å². The number of fused-ring (bicyclic) bond motifs is 5. The van der Waals surface area contributed by atoms with Crippen molar-refractivity contribution >= 4 is 33.0 Å². The van der Waals surface area contributed by atoms with Crippen LogP contribution in [0.1, 0.15) is 50.7 Å². The summed E-state index contributed by atoms with van der Waals surface area (Å²) in [4.78, 5) is 5.07. The van der Waals surface area contributed by atoms with Gasteiger partial charge < -0.3 is 8.98 Å². The van der Waals surface area contributed by atoms with E-state index in [1.807, 2.05) is 18.2 Å². The number of furan rings is 1. The van der Waals surface area contributed by atoms with E-state index in [4.69, 9.17) is 9.40 Å². The van der Waals surface area contributed by atoms with E-state index in [1.54, 1.807) is 0 Å². The molecule has 0 N–H and O–H groups in total. The SMILES string of the molecule is CC(C)c1cccc(C(C)C)c1-n1c(-c2[c-]cccc2)nc2oc3ccc4ccccc4c3c21.[Ir]. The van der Waals surface area contributed by atoms with Crippen molar-refractivity contribution in [3.63, 3.8) is 0 Å². The summed E-state index contributed by atoms with van der Waals surface area (Å²) in [5.41, 5.74) is 7.31. The van der Waals surface area contributed by atoms with Gasteiger partial charge in [-0.1, -0.05) is 76.2 Å². The summed E-state index contributed by atoms with van der Waals surface area (Å²) in [5.74, 6) is 1.57. The van der Waals surface area contributed by atoms with E-state index in [-0.39, 0.29) is 20.1 Å². The Morgan fingerprint density at radius 3 is 2.20 bits per heavy atom. The molecule has 0 aliphatic carbocycles. The fraction of sp³-hybridized carbons (Fsp3) is 0.194. The predicted octanol–water partition coefficient (Wildman–Crippen LogP) is 8.64. The first-order chi connectivity index (χ1) is 16.5. The minimum Gasteiger partial charge on any atom is -0.437 e. The van der Waals surface area contributed by atoms with Crippen LogP contribution < -0.4 is 0 Å². The van der Waals surface area contributed by atoms with Gasteiger partial charge in [-0.25, -0.2) is 4.98 Å². The standard InChI is InChI=1S/C31H27N2O.Ir/c1-19(2)23-15-10-16-24(20(3)4)28(23)33-29-27-25-14-9-8-11-21(25)17-18-26(27)34-31(29)32-30(33)22-12-6-5-7-13-22;/h5-12,14-20H,1-4H3;/q-1;. The van der Waals surface area contributed by atoms with Crippen LogP contribution in [0.4, 0.5) is 0 Å². The van der Waals surface area contributed by atoms with Crippen LogP contribution in [0, 0.1) is 6.07 Å². The quantitative estimate of drug-likeness (QED) is 0.182. The van der Waals surface area contributed by atoms with Gasteiger partial charge in [0.25, 0.3) is 0 Å². The van der Waals surface area contributed by atoms with Gasteiger partial charge in [0.15, 0.2) is 0 Å². The topological polar surface area (TPSA) is 31.0 Å². The second-order valence-corrected chi connectivity index (χ2v) is 9.56. The van der Waals surface area contributed by atoms with Crippen LogP contribution in [0.15, 0.2) is 83.3 Å². The first-order valence-corrected chi connectivity index (χ1v) is 12.0. The Labute approximate surface area is 219 Å². The van der Waals surface area contributed by atoms with Crippen molar-refractivity contribution in [1.82, 2.24) is 9.55 Å². The predicted molar refractivity (Wildman–Crippen MR) is 141 cm³/mol. The number of hydrogen-bond acceptors (Lipinski definition) is 2. The summed E-state index contributed by atoms with van der Waals surface area (Å²) >= 11 is 0. The van der Waals surface area contributed by atoms with Crippen LogP contribution in [0.2, 0.25) is 0 Å². The second kappa shape index (κ2) is 9.11. The Kier molecular flexibility index (Phi) is 6.12. The van der Waals surface area contributed by atoms with Crippen LogP contribution >= 0.6 is 0 Å². The smallest absolute Gasteiger partial charge is 0.236 e.